The van der Waals surface area contributed by atoms with Gasteiger partial charge in [0.05, 0.1) is 16.9 Å². The Morgan fingerprint density at radius 2 is 1.62 bits per heavy atom. The van der Waals surface area contributed by atoms with E-state index in [9.17, 15) is 28.8 Å². The maximum atomic E-state index is 12.5. The first-order valence-corrected chi connectivity index (χ1v) is 10.8. The Morgan fingerprint density at radius 1 is 1.00 bits per heavy atom. The van der Waals surface area contributed by atoms with Crippen LogP contribution in [0.2, 0.25) is 0 Å². The summed E-state index contributed by atoms with van der Waals surface area (Å²) in [6.45, 7) is 1.77. The molecule has 3 rings (SSSR count). The highest BCUT2D eigenvalue weighted by Crippen LogP contribution is 2.33. The SMILES string of the molecule is CC(=O)CSC1CC(=O)N(CC2CCC(C(=O)ON3C(=O)CCC3=O)CC2)C1=O. The molecule has 1 aliphatic carbocycles. The lowest BCUT2D eigenvalue weighted by Crippen LogP contribution is -2.39. The average molecular weight is 424 g/mol. The fourth-order valence-electron chi connectivity index (χ4n) is 3.85. The molecule has 1 atom stereocenters. The molecule has 1 saturated carbocycles. The molecule has 0 N–H and O–H groups in total. The van der Waals surface area contributed by atoms with E-state index in [0.717, 1.165) is 0 Å². The number of hydroxylamine groups is 2. The Hall–Kier alpha value is -2.23. The largest absolute Gasteiger partial charge is 0.336 e. The lowest BCUT2D eigenvalue weighted by atomic mass is 9.82. The maximum absolute atomic E-state index is 12.5. The van der Waals surface area contributed by atoms with Crippen LogP contribution in [0.5, 0.6) is 0 Å². The van der Waals surface area contributed by atoms with Crippen LogP contribution in [-0.4, -0.2) is 62.9 Å². The van der Waals surface area contributed by atoms with E-state index in [4.69, 9.17) is 4.84 Å². The lowest BCUT2D eigenvalue weighted by molar-refractivity contribution is -0.201. The molecule has 0 bridgehead atoms. The summed E-state index contributed by atoms with van der Waals surface area (Å²) in [5, 5.41) is 0.0720. The van der Waals surface area contributed by atoms with Gasteiger partial charge in [0.25, 0.3) is 11.8 Å². The third-order valence-electron chi connectivity index (χ3n) is 5.50. The van der Waals surface area contributed by atoms with Crippen molar-refractivity contribution in [2.24, 2.45) is 11.8 Å². The van der Waals surface area contributed by atoms with E-state index in [2.05, 4.69) is 0 Å². The van der Waals surface area contributed by atoms with Crippen LogP contribution >= 0.6 is 11.8 Å². The van der Waals surface area contributed by atoms with Crippen LogP contribution < -0.4 is 0 Å². The highest BCUT2D eigenvalue weighted by atomic mass is 32.2. The van der Waals surface area contributed by atoms with E-state index < -0.39 is 29.0 Å². The van der Waals surface area contributed by atoms with Crippen molar-refractivity contribution in [1.29, 1.82) is 0 Å². The molecule has 2 heterocycles. The van der Waals surface area contributed by atoms with Gasteiger partial charge in [-0.15, -0.1) is 16.8 Å². The van der Waals surface area contributed by atoms with Crippen molar-refractivity contribution in [2.45, 2.75) is 57.1 Å². The topological polar surface area (TPSA) is 118 Å². The number of likely N-dealkylation sites (tertiary alicyclic amines) is 1. The molecule has 158 valence electrons. The zero-order valence-corrected chi connectivity index (χ0v) is 17.1. The van der Waals surface area contributed by atoms with Crippen molar-refractivity contribution in [3.8, 4) is 0 Å². The smallest absolute Gasteiger partial charge is 0.330 e. The zero-order valence-electron chi connectivity index (χ0n) is 16.3. The molecule has 0 spiro atoms. The number of imide groups is 2. The third-order valence-corrected chi connectivity index (χ3v) is 6.84. The van der Waals surface area contributed by atoms with Crippen molar-refractivity contribution in [2.75, 3.05) is 12.3 Å². The summed E-state index contributed by atoms with van der Waals surface area (Å²) in [7, 11) is 0. The number of carbonyl (C=O) groups is 6. The van der Waals surface area contributed by atoms with Gasteiger partial charge in [-0.1, -0.05) is 0 Å². The maximum Gasteiger partial charge on any atom is 0.336 e. The summed E-state index contributed by atoms with van der Waals surface area (Å²) in [6, 6.07) is 0. The van der Waals surface area contributed by atoms with Crippen LogP contribution in [0.15, 0.2) is 0 Å². The average Bonchev–Trinajstić information content (AvgIpc) is 3.14. The second-order valence-corrected chi connectivity index (χ2v) is 8.95. The summed E-state index contributed by atoms with van der Waals surface area (Å²) >= 11 is 1.21. The van der Waals surface area contributed by atoms with Gasteiger partial charge in [-0.3, -0.25) is 28.9 Å². The van der Waals surface area contributed by atoms with Crippen molar-refractivity contribution < 1.29 is 33.6 Å². The molecule has 2 aliphatic heterocycles. The van der Waals surface area contributed by atoms with E-state index in [1.54, 1.807) is 0 Å². The number of hydrogen-bond acceptors (Lipinski definition) is 8. The molecular formula is C19H24N2O7S. The Labute approximate surface area is 172 Å². The van der Waals surface area contributed by atoms with Crippen LogP contribution in [0.1, 0.15) is 51.9 Å². The van der Waals surface area contributed by atoms with Crippen molar-refractivity contribution in [3.05, 3.63) is 0 Å². The van der Waals surface area contributed by atoms with Crippen LogP contribution in [0.4, 0.5) is 0 Å². The quantitative estimate of drug-likeness (QED) is 0.552. The monoisotopic (exact) mass is 424 g/mol. The Balaban J connectivity index is 1.46. The van der Waals surface area contributed by atoms with Gasteiger partial charge < -0.3 is 4.84 Å². The van der Waals surface area contributed by atoms with Gasteiger partial charge in [-0.2, -0.15) is 0 Å². The third kappa shape index (κ3) is 5.04. The van der Waals surface area contributed by atoms with E-state index in [-0.39, 0.29) is 48.5 Å². The molecule has 9 nitrogen and oxygen atoms in total. The number of amides is 4. The van der Waals surface area contributed by atoms with E-state index in [1.165, 1.54) is 23.6 Å². The molecule has 1 unspecified atom stereocenters. The van der Waals surface area contributed by atoms with Gasteiger partial charge in [-0.05, 0) is 38.5 Å². The zero-order chi connectivity index (χ0) is 21.1. The van der Waals surface area contributed by atoms with Gasteiger partial charge in [0, 0.05) is 25.8 Å². The fourth-order valence-corrected chi connectivity index (χ4v) is 4.82. The number of rotatable bonds is 7. The number of hydrogen-bond donors (Lipinski definition) is 0. The number of ketones is 1. The first-order valence-electron chi connectivity index (χ1n) is 9.79. The van der Waals surface area contributed by atoms with Gasteiger partial charge >= 0.3 is 5.97 Å². The van der Waals surface area contributed by atoms with Gasteiger partial charge in [0.1, 0.15) is 5.78 Å². The van der Waals surface area contributed by atoms with Crippen molar-refractivity contribution >= 4 is 47.1 Å². The minimum absolute atomic E-state index is 0.0313. The Kier molecular flexibility index (Phi) is 6.71. The van der Waals surface area contributed by atoms with Crippen LogP contribution in [0.3, 0.4) is 0 Å². The number of Topliss-reactive ketones (excluding diaryl/α,β-unsaturated/α-hetero) is 1. The van der Waals surface area contributed by atoms with Crippen LogP contribution in [0.25, 0.3) is 0 Å². The summed E-state index contributed by atoms with van der Waals surface area (Å²) in [4.78, 5) is 77.4. The summed E-state index contributed by atoms with van der Waals surface area (Å²) in [6.07, 6.45) is 2.55. The molecule has 3 fully saturated rings. The predicted octanol–water partition coefficient (Wildman–Crippen LogP) is 0.850. The fraction of sp³-hybridized carbons (Fsp3) is 0.684. The van der Waals surface area contributed by atoms with Crippen molar-refractivity contribution in [3.63, 3.8) is 0 Å². The minimum atomic E-state index is -0.582. The normalized spacial score (nSPS) is 27.7. The highest BCUT2D eigenvalue weighted by Gasteiger charge is 2.41. The molecule has 4 amide bonds. The van der Waals surface area contributed by atoms with Gasteiger partial charge in [0.2, 0.25) is 11.8 Å². The second-order valence-electron chi connectivity index (χ2n) is 7.76. The summed E-state index contributed by atoms with van der Waals surface area (Å²) in [5.74, 6) is -2.17. The molecule has 3 aliphatic rings. The van der Waals surface area contributed by atoms with Gasteiger partial charge in [-0.25, -0.2) is 4.79 Å². The van der Waals surface area contributed by atoms with E-state index in [1.807, 2.05) is 0 Å². The first kappa shape index (κ1) is 21.5. The van der Waals surface area contributed by atoms with Crippen molar-refractivity contribution in [1.82, 2.24) is 9.96 Å². The van der Waals surface area contributed by atoms with E-state index >= 15 is 0 Å². The molecular weight excluding hydrogens is 400 g/mol. The Bertz CT molecular complexity index is 729. The highest BCUT2D eigenvalue weighted by molar-refractivity contribution is 8.01. The predicted molar refractivity (Wildman–Crippen MR) is 101 cm³/mol. The molecule has 0 aromatic heterocycles. The summed E-state index contributed by atoms with van der Waals surface area (Å²) < 4.78 is 0. The van der Waals surface area contributed by atoms with Gasteiger partial charge in [0.15, 0.2) is 0 Å². The molecule has 0 radical (unpaired) electrons. The van der Waals surface area contributed by atoms with E-state index in [0.29, 0.717) is 37.3 Å². The molecule has 0 aromatic carbocycles. The Morgan fingerprint density at radius 3 is 2.21 bits per heavy atom. The molecule has 10 heteroatoms. The standard InChI is InChI=1S/C19H24N2O7S/c1-11(22)10-29-14-8-17(25)20(18(14)26)9-12-2-4-13(5-3-12)19(27)28-21-15(23)6-7-16(21)24/h12-14H,2-10H2,1H3. The van der Waals surface area contributed by atoms with Crippen LogP contribution in [0, 0.1) is 11.8 Å². The molecule has 2 saturated heterocycles. The number of thioether (sulfide) groups is 1. The second kappa shape index (κ2) is 9.06. The summed E-state index contributed by atoms with van der Waals surface area (Å²) in [5.41, 5.74) is 0. The number of nitrogens with zero attached hydrogens (tertiary/aromatic N) is 2. The van der Waals surface area contributed by atoms with Crippen LogP contribution in [-0.2, 0) is 33.6 Å². The lowest BCUT2D eigenvalue weighted by Gasteiger charge is -2.30. The first-order chi connectivity index (χ1) is 13.8. The molecule has 29 heavy (non-hydrogen) atoms. The minimum Gasteiger partial charge on any atom is -0.330 e. The molecule has 0 aromatic rings. The number of carbonyl (C=O) groups excluding carboxylic acids is 6.